The van der Waals surface area contributed by atoms with Gasteiger partial charge in [0.15, 0.2) is 11.5 Å². The summed E-state index contributed by atoms with van der Waals surface area (Å²) in [5.41, 5.74) is 0.532. The molecular formula is C19H16F2N4O2S. The van der Waals surface area contributed by atoms with E-state index in [1.165, 1.54) is 10.6 Å². The van der Waals surface area contributed by atoms with E-state index in [0.29, 0.717) is 23.7 Å². The van der Waals surface area contributed by atoms with E-state index in [4.69, 9.17) is 0 Å². The van der Waals surface area contributed by atoms with E-state index >= 15 is 0 Å². The molecule has 0 fully saturated rings. The lowest BCUT2D eigenvalue weighted by Gasteiger charge is -2.18. The van der Waals surface area contributed by atoms with Gasteiger partial charge in [0.25, 0.3) is 5.91 Å². The second-order valence-corrected chi connectivity index (χ2v) is 7.62. The van der Waals surface area contributed by atoms with Crippen molar-refractivity contribution in [3.05, 3.63) is 59.8 Å². The minimum atomic E-state index is -1.11. The number of halogens is 2. The summed E-state index contributed by atoms with van der Waals surface area (Å²) in [5, 5.41) is 5.74. The summed E-state index contributed by atoms with van der Waals surface area (Å²) in [6.45, 7) is 0.675. The van der Waals surface area contributed by atoms with Gasteiger partial charge >= 0.3 is 0 Å². The molecule has 2 N–H and O–H groups in total. The molecule has 1 unspecified atom stereocenters. The van der Waals surface area contributed by atoms with Crippen molar-refractivity contribution < 1.29 is 17.8 Å². The normalized spacial score (nSPS) is 14.3. The predicted octanol–water partition coefficient (Wildman–Crippen LogP) is 3.05. The van der Waals surface area contributed by atoms with Crippen LogP contribution in [0.1, 0.15) is 10.5 Å². The van der Waals surface area contributed by atoms with Gasteiger partial charge in [0, 0.05) is 40.7 Å². The number of hydrogen-bond acceptors (Lipinski definition) is 4. The first kappa shape index (κ1) is 18.3. The van der Waals surface area contributed by atoms with Gasteiger partial charge < -0.3 is 15.2 Å². The van der Waals surface area contributed by atoms with E-state index in [2.05, 4.69) is 15.6 Å². The molecule has 0 aliphatic carbocycles. The van der Waals surface area contributed by atoms with Gasteiger partial charge in [-0.2, -0.15) is 0 Å². The number of carbonyl (C=O) groups excluding carboxylic acids is 1. The first-order valence-electron chi connectivity index (χ1n) is 8.49. The summed E-state index contributed by atoms with van der Waals surface area (Å²) >= 11 is 0. The monoisotopic (exact) mass is 402 g/mol. The fourth-order valence-electron chi connectivity index (χ4n) is 3.12. The van der Waals surface area contributed by atoms with Gasteiger partial charge in [0.2, 0.25) is 0 Å². The average Bonchev–Trinajstić information content (AvgIpc) is 3.01. The fraction of sp³-hybridized carbons (Fsp3) is 0.158. The van der Waals surface area contributed by atoms with E-state index in [1.807, 2.05) is 0 Å². The molecule has 0 radical (unpaired) electrons. The Labute approximate surface area is 162 Å². The molecule has 2 heterocycles. The number of aromatic nitrogens is 2. The maximum absolute atomic E-state index is 14.3. The molecule has 4 rings (SSSR count). The maximum Gasteiger partial charge on any atom is 0.271 e. The minimum Gasteiger partial charge on any atom is -0.349 e. The quantitative estimate of drug-likeness (QED) is 0.703. The van der Waals surface area contributed by atoms with Crippen LogP contribution < -0.4 is 10.6 Å². The first-order valence-corrected chi connectivity index (χ1v) is 10.0. The Hall–Kier alpha value is -3.07. The number of nitrogens with zero attached hydrogens (tertiary/aromatic N) is 2. The molecule has 0 saturated carbocycles. The molecule has 6 nitrogen and oxygen atoms in total. The lowest BCUT2D eigenvalue weighted by Crippen LogP contribution is -2.35. The number of amides is 1. The van der Waals surface area contributed by atoms with E-state index in [-0.39, 0.29) is 28.8 Å². The highest BCUT2D eigenvalue weighted by Gasteiger charge is 2.29. The van der Waals surface area contributed by atoms with Gasteiger partial charge in [0.1, 0.15) is 17.5 Å². The molecule has 1 atom stereocenters. The zero-order valence-electron chi connectivity index (χ0n) is 14.8. The summed E-state index contributed by atoms with van der Waals surface area (Å²) in [5.74, 6) is -1.63. The number of nitrogens with one attached hydrogen (secondary N) is 2. The van der Waals surface area contributed by atoms with Crippen molar-refractivity contribution in [2.24, 2.45) is 0 Å². The van der Waals surface area contributed by atoms with Gasteiger partial charge in [-0.25, -0.2) is 13.8 Å². The van der Waals surface area contributed by atoms with Crippen LogP contribution in [0.3, 0.4) is 0 Å². The highest BCUT2D eigenvalue weighted by molar-refractivity contribution is 7.84. The summed E-state index contributed by atoms with van der Waals surface area (Å²) in [6, 6.07) is 10.4. The van der Waals surface area contributed by atoms with Gasteiger partial charge in [-0.1, -0.05) is 6.07 Å². The average molecular weight is 402 g/mol. The van der Waals surface area contributed by atoms with Crippen molar-refractivity contribution in [2.75, 3.05) is 18.1 Å². The van der Waals surface area contributed by atoms with E-state index < -0.39 is 22.4 Å². The third-order valence-electron chi connectivity index (χ3n) is 4.44. The van der Waals surface area contributed by atoms with E-state index in [1.54, 1.807) is 30.5 Å². The molecule has 1 aliphatic rings. The third kappa shape index (κ3) is 3.18. The van der Waals surface area contributed by atoms with Crippen LogP contribution in [0.25, 0.3) is 11.4 Å². The molecule has 2 aromatic carbocycles. The molecule has 28 heavy (non-hydrogen) atoms. The van der Waals surface area contributed by atoms with Gasteiger partial charge in [0.05, 0.1) is 5.56 Å². The van der Waals surface area contributed by atoms with E-state index in [0.717, 1.165) is 12.1 Å². The molecule has 1 aromatic heterocycles. The Morgan fingerprint density at radius 2 is 1.82 bits per heavy atom. The van der Waals surface area contributed by atoms with Crippen LogP contribution in [0, 0.1) is 11.6 Å². The van der Waals surface area contributed by atoms with Crippen LogP contribution in [0.15, 0.2) is 47.4 Å². The number of imidazole rings is 1. The lowest BCUT2D eigenvalue weighted by atomic mass is 10.2. The van der Waals surface area contributed by atoms with Crippen LogP contribution in [0.5, 0.6) is 0 Å². The zero-order valence-corrected chi connectivity index (χ0v) is 15.6. The summed E-state index contributed by atoms with van der Waals surface area (Å²) in [4.78, 5) is 17.4. The second-order valence-electron chi connectivity index (χ2n) is 6.24. The molecule has 1 amide bonds. The SMILES string of the molecule is CS(=O)c1ccc(Nc2nc(-c3c(F)cccc3F)n3c2C(=O)NCC3)cc1. The van der Waals surface area contributed by atoms with Crippen LogP contribution in [0.2, 0.25) is 0 Å². The van der Waals surface area contributed by atoms with Crippen molar-refractivity contribution in [1.29, 1.82) is 0 Å². The molecule has 0 bridgehead atoms. The third-order valence-corrected chi connectivity index (χ3v) is 5.38. The second kappa shape index (κ2) is 7.16. The van der Waals surface area contributed by atoms with Crippen molar-refractivity contribution in [3.63, 3.8) is 0 Å². The van der Waals surface area contributed by atoms with Crippen molar-refractivity contribution >= 4 is 28.2 Å². The number of carbonyl (C=O) groups is 1. The Balaban J connectivity index is 1.81. The molecular weight excluding hydrogens is 386 g/mol. The number of fused-ring (bicyclic) bond motifs is 1. The lowest BCUT2D eigenvalue weighted by molar-refractivity contribution is 0.0929. The Kier molecular flexibility index (Phi) is 4.68. The zero-order chi connectivity index (χ0) is 19.8. The molecule has 3 aromatic rings. The molecule has 0 spiro atoms. The number of rotatable bonds is 4. The fourth-order valence-corrected chi connectivity index (χ4v) is 3.64. The summed E-state index contributed by atoms with van der Waals surface area (Å²) < 4.78 is 41.7. The summed E-state index contributed by atoms with van der Waals surface area (Å²) in [7, 11) is -1.11. The Bertz CT molecular complexity index is 1080. The number of benzene rings is 2. The van der Waals surface area contributed by atoms with Gasteiger partial charge in [-0.05, 0) is 36.4 Å². The van der Waals surface area contributed by atoms with Crippen LogP contribution in [-0.4, -0.2) is 32.5 Å². The smallest absolute Gasteiger partial charge is 0.271 e. The molecule has 9 heteroatoms. The molecule has 1 aliphatic heterocycles. The van der Waals surface area contributed by atoms with Gasteiger partial charge in [-0.15, -0.1) is 0 Å². The number of hydrogen-bond donors (Lipinski definition) is 2. The minimum absolute atomic E-state index is 0.0502. The standard InChI is InChI=1S/C19H16F2N4O2S/c1-28(27)12-7-5-11(6-8-12)23-17-16-19(26)22-9-10-25(16)18(24-17)15-13(20)3-2-4-14(15)21/h2-8,23H,9-10H2,1H3,(H,22,26). The van der Waals surface area contributed by atoms with Crippen molar-refractivity contribution in [1.82, 2.24) is 14.9 Å². The number of anilines is 2. The summed E-state index contributed by atoms with van der Waals surface area (Å²) in [6.07, 6.45) is 1.58. The van der Waals surface area contributed by atoms with Crippen LogP contribution in [-0.2, 0) is 17.3 Å². The van der Waals surface area contributed by atoms with Crippen molar-refractivity contribution in [3.8, 4) is 11.4 Å². The maximum atomic E-state index is 14.3. The Morgan fingerprint density at radius 1 is 1.14 bits per heavy atom. The first-order chi connectivity index (χ1) is 13.5. The topological polar surface area (TPSA) is 76.0 Å². The highest BCUT2D eigenvalue weighted by Crippen LogP contribution is 2.32. The predicted molar refractivity (Wildman–Crippen MR) is 102 cm³/mol. The molecule has 0 saturated heterocycles. The largest absolute Gasteiger partial charge is 0.349 e. The van der Waals surface area contributed by atoms with Crippen molar-refractivity contribution in [2.45, 2.75) is 11.4 Å². The highest BCUT2D eigenvalue weighted by atomic mass is 32.2. The Morgan fingerprint density at radius 3 is 2.46 bits per heavy atom. The van der Waals surface area contributed by atoms with Gasteiger partial charge in [-0.3, -0.25) is 9.00 Å². The van der Waals surface area contributed by atoms with Crippen LogP contribution >= 0.6 is 0 Å². The van der Waals surface area contributed by atoms with Crippen LogP contribution in [0.4, 0.5) is 20.3 Å². The molecule has 144 valence electrons. The van der Waals surface area contributed by atoms with E-state index in [9.17, 15) is 17.8 Å².